The minimum Gasteiger partial charge on any atom is -0.494 e. The molecule has 2 aromatic rings. The lowest BCUT2D eigenvalue weighted by molar-refractivity contribution is -0.135. The third kappa shape index (κ3) is 6.35. The number of nitrogens with one attached hydrogen (secondary N) is 1. The number of hydrogen-bond acceptors (Lipinski definition) is 6. The first-order valence-corrected chi connectivity index (χ1v) is 11.9. The molecule has 0 unspecified atom stereocenters. The summed E-state index contributed by atoms with van der Waals surface area (Å²) in [5, 5.41) is 0. The Bertz CT molecular complexity index is 954. The van der Waals surface area contributed by atoms with E-state index in [1.165, 1.54) is 12.1 Å². The summed E-state index contributed by atoms with van der Waals surface area (Å²) in [6, 6.07) is 12.7. The van der Waals surface area contributed by atoms with E-state index in [0.717, 1.165) is 19.6 Å². The minimum atomic E-state index is -3.74. The Hall–Kier alpha value is -2.78. The smallest absolute Gasteiger partial charge is 0.261 e. The number of carbonyl (C=O) groups is 1. The summed E-state index contributed by atoms with van der Waals surface area (Å²) in [6.07, 6.45) is 0. The first kappa shape index (κ1) is 22.9. The number of anilines is 1. The van der Waals surface area contributed by atoms with E-state index in [4.69, 9.17) is 9.47 Å². The fourth-order valence-electron chi connectivity index (χ4n) is 3.26. The minimum absolute atomic E-state index is 0.0652. The highest BCUT2D eigenvalue weighted by atomic mass is 32.2. The summed E-state index contributed by atoms with van der Waals surface area (Å²) >= 11 is 0. The Kier molecular flexibility index (Phi) is 7.75. The van der Waals surface area contributed by atoms with Gasteiger partial charge in [-0.2, -0.15) is 0 Å². The van der Waals surface area contributed by atoms with Crippen LogP contribution in [-0.4, -0.2) is 70.1 Å². The van der Waals surface area contributed by atoms with Crippen LogP contribution in [0.3, 0.4) is 0 Å². The van der Waals surface area contributed by atoms with Crippen molar-refractivity contribution in [1.82, 2.24) is 9.80 Å². The average molecular weight is 448 g/mol. The lowest BCUT2D eigenvalue weighted by atomic mass is 10.3. The number of ether oxygens (including phenoxy) is 2. The lowest BCUT2D eigenvalue weighted by Gasteiger charge is -2.33. The third-order valence-electron chi connectivity index (χ3n) is 5.09. The highest BCUT2D eigenvalue weighted by Gasteiger charge is 2.20. The van der Waals surface area contributed by atoms with E-state index < -0.39 is 10.0 Å². The molecule has 0 spiro atoms. The second kappa shape index (κ2) is 10.5. The molecule has 0 saturated carbocycles. The van der Waals surface area contributed by atoms with Crippen molar-refractivity contribution < 1.29 is 22.7 Å². The first-order chi connectivity index (χ1) is 14.9. The zero-order valence-corrected chi connectivity index (χ0v) is 18.7. The summed E-state index contributed by atoms with van der Waals surface area (Å²) in [4.78, 5) is 16.5. The molecule has 0 radical (unpaired) electrons. The third-order valence-corrected chi connectivity index (χ3v) is 6.48. The normalized spacial score (nSPS) is 14.8. The molecule has 9 heteroatoms. The van der Waals surface area contributed by atoms with Crippen molar-refractivity contribution >= 4 is 21.6 Å². The van der Waals surface area contributed by atoms with E-state index in [2.05, 4.69) is 16.5 Å². The SMILES string of the molecule is CCOc1ccc(NS(=O)(=O)c2ccc(OCC(=O)N3CCN(CC)CC3)cc2)cc1. The maximum Gasteiger partial charge on any atom is 0.261 e. The van der Waals surface area contributed by atoms with Crippen molar-refractivity contribution in [1.29, 1.82) is 0 Å². The topological polar surface area (TPSA) is 88.2 Å². The molecular weight excluding hydrogens is 418 g/mol. The van der Waals surface area contributed by atoms with Gasteiger partial charge in [-0.3, -0.25) is 9.52 Å². The number of likely N-dealkylation sites (N-methyl/N-ethyl adjacent to an activating group) is 1. The molecule has 3 rings (SSSR count). The van der Waals surface area contributed by atoms with Crippen molar-refractivity contribution in [3.05, 3.63) is 48.5 Å². The zero-order chi connectivity index (χ0) is 22.3. The molecule has 1 saturated heterocycles. The van der Waals surface area contributed by atoms with E-state index in [0.29, 0.717) is 36.9 Å². The standard InChI is InChI=1S/C22H29N3O5S/c1-3-24-13-15-25(16-14-24)22(26)17-30-20-9-11-21(12-10-20)31(27,28)23-18-5-7-19(8-6-18)29-4-2/h5-12,23H,3-4,13-17H2,1-2H3. The highest BCUT2D eigenvalue weighted by molar-refractivity contribution is 7.92. The van der Waals surface area contributed by atoms with Crippen LogP contribution >= 0.6 is 0 Å². The second-order valence-electron chi connectivity index (χ2n) is 7.14. The van der Waals surface area contributed by atoms with Gasteiger partial charge < -0.3 is 19.3 Å². The van der Waals surface area contributed by atoms with Crippen LogP contribution in [0.25, 0.3) is 0 Å². The first-order valence-electron chi connectivity index (χ1n) is 10.4. The number of carbonyl (C=O) groups excluding carboxylic acids is 1. The second-order valence-corrected chi connectivity index (χ2v) is 8.82. The van der Waals surface area contributed by atoms with Crippen LogP contribution in [0, 0.1) is 0 Å². The van der Waals surface area contributed by atoms with Crippen LogP contribution in [0.5, 0.6) is 11.5 Å². The summed E-state index contributed by atoms with van der Waals surface area (Å²) < 4.78 is 38.7. The molecule has 1 aliphatic rings. The van der Waals surface area contributed by atoms with Crippen LogP contribution in [0.15, 0.2) is 53.4 Å². The fraction of sp³-hybridized carbons (Fsp3) is 0.409. The quantitative estimate of drug-likeness (QED) is 0.635. The molecule has 0 bridgehead atoms. The number of sulfonamides is 1. The van der Waals surface area contributed by atoms with Crippen molar-refractivity contribution in [2.75, 3.05) is 50.7 Å². The van der Waals surface area contributed by atoms with Crippen molar-refractivity contribution in [2.45, 2.75) is 18.7 Å². The van der Waals surface area contributed by atoms with Crippen molar-refractivity contribution in [3.63, 3.8) is 0 Å². The average Bonchev–Trinajstić information content (AvgIpc) is 2.79. The molecule has 1 N–H and O–H groups in total. The van der Waals surface area contributed by atoms with Crippen LogP contribution in [-0.2, 0) is 14.8 Å². The zero-order valence-electron chi connectivity index (χ0n) is 17.9. The van der Waals surface area contributed by atoms with E-state index >= 15 is 0 Å². The van der Waals surface area contributed by atoms with Gasteiger partial charge in [0.15, 0.2) is 6.61 Å². The molecule has 1 amide bonds. The molecule has 0 aromatic heterocycles. The van der Waals surface area contributed by atoms with Gasteiger partial charge in [0.05, 0.1) is 11.5 Å². The summed E-state index contributed by atoms with van der Waals surface area (Å²) in [5.41, 5.74) is 0.442. The Balaban J connectivity index is 1.53. The number of piperazine rings is 1. The monoisotopic (exact) mass is 447 g/mol. The largest absolute Gasteiger partial charge is 0.494 e. The van der Waals surface area contributed by atoms with Gasteiger partial charge in [0.25, 0.3) is 15.9 Å². The maximum absolute atomic E-state index is 12.6. The van der Waals surface area contributed by atoms with E-state index in [-0.39, 0.29) is 17.4 Å². The molecule has 8 nitrogen and oxygen atoms in total. The van der Waals surface area contributed by atoms with Crippen LogP contribution in [0.1, 0.15) is 13.8 Å². The van der Waals surface area contributed by atoms with Gasteiger partial charge in [0.1, 0.15) is 11.5 Å². The Labute approximate surface area is 183 Å². The van der Waals surface area contributed by atoms with Crippen LogP contribution < -0.4 is 14.2 Å². The number of rotatable bonds is 9. The van der Waals surface area contributed by atoms with Gasteiger partial charge >= 0.3 is 0 Å². The molecule has 31 heavy (non-hydrogen) atoms. The Morgan fingerprint density at radius 1 is 0.903 bits per heavy atom. The molecular formula is C22H29N3O5S. The van der Waals surface area contributed by atoms with Crippen molar-refractivity contribution in [3.8, 4) is 11.5 Å². The number of hydrogen-bond donors (Lipinski definition) is 1. The van der Waals surface area contributed by atoms with E-state index in [9.17, 15) is 13.2 Å². The predicted octanol–water partition coefficient (Wildman–Crippen LogP) is 2.43. The van der Waals surface area contributed by atoms with Crippen molar-refractivity contribution in [2.24, 2.45) is 0 Å². The van der Waals surface area contributed by atoms with Gasteiger partial charge in [-0.1, -0.05) is 6.92 Å². The molecule has 168 valence electrons. The van der Waals surface area contributed by atoms with Gasteiger partial charge in [-0.05, 0) is 62.0 Å². The molecule has 2 aromatic carbocycles. The number of nitrogens with zero attached hydrogens (tertiary/aromatic N) is 2. The van der Waals surface area contributed by atoms with E-state index in [1.54, 1.807) is 41.3 Å². The number of amides is 1. The number of benzene rings is 2. The highest BCUT2D eigenvalue weighted by Crippen LogP contribution is 2.21. The van der Waals surface area contributed by atoms with Gasteiger partial charge in [-0.15, -0.1) is 0 Å². The summed E-state index contributed by atoms with van der Waals surface area (Å²) in [7, 11) is -3.74. The lowest BCUT2D eigenvalue weighted by Crippen LogP contribution is -2.49. The Morgan fingerprint density at radius 3 is 2.06 bits per heavy atom. The molecule has 0 aliphatic carbocycles. The van der Waals surface area contributed by atoms with Crippen LogP contribution in [0.4, 0.5) is 5.69 Å². The summed E-state index contributed by atoms with van der Waals surface area (Å²) in [6.45, 7) is 8.59. The fourth-order valence-corrected chi connectivity index (χ4v) is 4.32. The summed E-state index contributed by atoms with van der Waals surface area (Å²) in [5.74, 6) is 1.05. The molecule has 1 aliphatic heterocycles. The van der Waals surface area contributed by atoms with Gasteiger partial charge in [0.2, 0.25) is 0 Å². The Morgan fingerprint density at radius 2 is 1.48 bits per heavy atom. The van der Waals surface area contributed by atoms with Crippen LogP contribution in [0.2, 0.25) is 0 Å². The van der Waals surface area contributed by atoms with Gasteiger partial charge in [0, 0.05) is 31.9 Å². The predicted molar refractivity (Wildman–Crippen MR) is 119 cm³/mol. The molecule has 0 atom stereocenters. The van der Waals surface area contributed by atoms with E-state index in [1.807, 2.05) is 6.92 Å². The maximum atomic E-state index is 12.6. The molecule has 1 fully saturated rings. The molecule has 1 heterocycles. The van der Waals surface area contributed by atoms with Gasteiger partial charge in [-0.25, -0.2) is 8.42 Å².